The molecule has 0 aliphatic carbocycles. The van der Waals surface area contributed by atoms with E-state index in [-0.39, 0.29) is 10.9 Å². The quantitative estimate of drug-likeness (QED) is 0.910. The van der Waals surface area contributed by atoms with Crippen molar-refractivity contribution in [2.75, 3.05) is 0 Å². The zero-order chi connectivity index (χ0) is 17.4. The number of aromatic nitrogens is 2. The largest absolute Gasteiger partial charge is 0.272 e. The van der Waals surface area contributed by atoms with Crippen molar-refractivity contribution in [2.45, 2.75) is 45.1 Å². The monoisotopic (exact) mass is 339 g/mol. The van der Waals surface area contributed by atoms with E-state index in [2.05, 4.69) is 9.82 Å². The zero-order valence-electron chi connectivity index (χ0n) is 14.0. The third-order valence-electron chi connectivity index (χ3n) is 3.97. The molecule has 0 spiro atoms. The van der Waals surface area contributed by atoms with Crippen LogP contribution in [0.1, 0.15) is 29.4 Å². The van der Waals surface area contributed by atoms with E-state index in [4.69, 9.17) is 0 Å². The third-order valence-corrected chi connectivity index (χ3v) is 5.70. The van der Waals surface area contributed by atoms with E-state index in [1.54, 1.807) is 18.5 Å². The number of nitrogens with one attached hydrogen (secondary N) is 1. The number of nitrogens with zero attached hydrogens (tertiary/aromatic N) is 2. The van der Waals surface area contributed by atoms with E-state index >= 15 is 0 Å². The van der Waals surface area contributed by atoms with Crippen LogP contribution in [0.5, 0.6) is 0 Å². The minimum Gasteiger partial charge on any atom is -0.272 e. The maximum Gasteiger partial charge on any atom is 0.241 e. The van der Waals surface area contributed by atoms with Gasteiger partial charge in [0.05, 0.1) is 10.6 Å². The predicted octanol–water partition coefficient (Wildman–Crippen LogP) is 2.39. The summed E-state index contributed by atoms with van der Waals surface area (Å²) in [6, 6.07) is 3.43. The summed E-state index contributed by atoms with van der Waals surface area (Å²) in [6.07, 6.45) is 0.527. The molecule has 0 bridgehead atoms. The number of halogens is 1. The van der Waals surface area contributed by atoms with Gasteiger partial charge in [-0.25, -0.2) is 17.5 Å². The SMILES string of the molecule is Cc1ccc(F)cc1S(=O)(=O)NC(C)Cc1c(C)nn(C)c1C. The summed E-state index contributed by atoms with van der Waals surface area (Å²) in [4.78, 5) is -0.0241. The van der Waals surface area contributed by atoms with E-state index in [1.807, 2.05) is 20.9 Å². The molecule has 1 aromatic heterocycles. The second-order valence-electron chi connectivity index (χ2n) is 5.91. The summed E-state index contributed by atoms with van der Waals surface area (Å²) in [5, 5.41) is 4.33. The molecular weight excluding hydrogens is 317 g/mol. The number of hydrogen-bond acceptors (Lipinski definition) is 3. The van der Waals surface area contributed by atoms with Crippen LogP contribution in [0.4, 0.5) is 4.39 Å². The maximum atomic E-state index is 13.4. The molecule has 2 rings (SSSR count). The average Bonchev–Trinajstić information content (AvgIpc) is 2.67. The van der Waals surface area contributed by atoms with Crippen LogP contribution in [0, 0.1) is 26.6 Å². The van der Waals surface area contributed by atoms with Crippen molar-refractivity contribution in [1.82, 2.24) is 14.5 Å². The van der Waals surface area contributed by atoms with Crippen molar-refractivity contribution < 1.29 is 12.8 Å². The lowest BCUT2D eigenvalue weighted by atomic mass is 10.1. The van der Waals surface area contributed by atoms with Gasteiger partial charge in [0.1, 0.15) is 5.82 Å². The van der Waals surface area contributed by atoms with Crippen LogP contribution in [-0.2, 0) is 23.5 Å². The first-order valence-corrected chi connectivity index (χ1v) is 8.87. The molecule has 1 aromatic carbocycles. The first-order valence-electron chi connectivity index (χ1n) is 7.39. The minimum atomic E-state index is -3.77. The summed E-state index contributed by atoms with van der Waals surface area (Å²) >= 11 is 0. The molecule has 1 heterocycles. The van der Waals surface area contributed by atoms with Gasteiger partial charge in [0.2, 0.25) is 10.0 Å². The third kappa shape index (κ3) is 3.79. The highest BCUT2D eigenvalue weighted by atomic mass is 32.2. The number of rotatable bonds is 5. The smallest absolute Gasteiger partial charge is 0.241 e. The van der Waals surface area contributed by atoms with Crippen LogP contribution in [0.3, 0.4) is 0 Å². The molecule has 7 heteroatoms. The number of aryl methyl sites for hydroxylation is 3. The minimum absolute atomic E-state index is 0.0241. The van der Waals surface area contributed by atoms with Crippen LogP contribution in [-0.4, -0.2) is 24.2 Å². The summed E-state index contributed by atoms with van der Waals surface area (Å²) in [6.45, 7) is 7.29. The lowest BCUT2D eigenvalue weighted by Crippen LogP contribution is -2.34. The molecule has 1 unspecified atom stereocenters. The van der Waals surface area contributed by atoms with Gasteiger partial charge in [0.15, 0.2) is 0 Å². The molecule has 2 aromatic rings. The van der Waals surface area contributed by atoms with Gasteiger partial charge in [-0.05, 0) is 57.4 Å². The van der Waals surface area contributed by atoms with Crippen molar-refractivity contribution in [1.29, 1.82) is 0 Å². The molecule has 1 N–H and O–H groups in total. The Morgan fingerprint density at radius 2 is 1.96 bits per heavy atom. The Bertz CT molecular complexity index is 828. The van der Waals surface area contributed by atoms with Crippen LogP contribution >= 0.6 is 0 Å². The molecule has 0 saturated heterocycles. The van der Waals surface area contributed by atoms with E-state index in [1.165, 1.54) is 12.1 Å². The van der Waals surface area contributed by atoms with Crippen molar-refractivity contribution in [3.8, 4) is 0 Å². The van der Waals surface area contributed by atoms with Gasteiger partial charge in [-0.1, -0.05) is 6.07 Å². The van der Waals surface area contributed by atoms with Gasteiger partial charge >= 0.3 is 0 Å². The maximum absolute atomic E-state index is 13.4. The van der Waals surface area contributed by atoms with Crippen molar-refractivity contribution in [3.05, 3.63) is 46.5 Å². The number of benzene rings is 1. The second kappa shape index (κ2) is 6.41. The average molecular weight is 339 g/mol. The van der Waals surface area contributed by atoms with Crippen LogP contribution < -0.4 is 4.72 Å². The molecule has 5 nitrogen and oxygen atoms in total. The van der Waals surface area contributed by atoms with Gasteiger partial charge in [-0.3, -0.25) is 4.68 Å². The highest BCUT2D eigenvalue weighted by molar-refractivity contribution is 7.89. The van der Waals surface area contributed by atoms with Gasteiger partial charge in [-0.2, -0.15) is 5.10 Å². The Labute approximate surface area is 136 Å². The summed E-state index contributed by atoms with van der Waals surface area (Å²) in [7, 11) is -1.91. The van der Waals surface area contributed by atoms with Gasteiger partial charge in [0.25, 0.3) is 0 Å². The highest BCUT2D eigenvalue weighted by Gasteiger charge is 2.22. The lowest BCUT2D eigenvalue weighted by Gasteiger charge is -2.16. The molecule has 0 fully saturated rings. The topological polar surface area (TPSA) is 64.0 Å². The van der Waals surface area contributed by atoms with E-state index in [0.717, 1.165) is 23.0 Å². The molecule has 0 radical (unpaired) electrons. The number of hydrogen-bond donors (Lipinski definition) is 1. The molecular formula is C16H22FN3O2S. The normalized spacial score (nSPS) is 13.3. The van der Waals surface area contributed by atoms with E-state index in [0.29, 0.717) is 12.0 Å². The van der Waals surface area contributed by atoms with Gasteiger partial charge in [-0.15, -0.1) is 0 Å². The molecule has 126 valence electrons. The van der Waals surface area contributed by atoms with E-state index in [9.17, 15) is 12.8 Å². The van der Waals surface area contributed by atoms with Crippen LogP contribution in [0.2, 0.25) is 0 Å². The van der Waals surface area contributed by atoms with E-state index < -0.39 is 15.8 Å². The predicted molar refractivity (Wildman–Crippen MR) is 87.3 cm³/mol. The standard InChI is InChI=1S/C16H22FN3O2S/c1-10-6-7-14(17)9-16(10)23(21,22)19-11(2)8-15-12(3)18-20(5)13(15)4/h6-7,9,11,19H,8H2,1-5H3. The molecule has 0 amide bonds. The van der Waals surface area contributed by atoms with Gasteiger partial charge in [0, 0.05) is 18.8 Å². The first-order chi connectivity index (χ1) is 10.6. The summed E-state index contributed by atoms with van der Waals surface area (Å²) < 4.78 is 42.7. The van der Waals surface area contributed by atoms with Crippen LogP contribution in [0.15, 0.2) is 23.1 Å². The van der Waals surface area contributed by atoms with Crippen LogP contribution in [0.25, 0.3) is 0 Å². The summed E-state index contributed by atoms with van der Waals surface area (Å²) in [5.74, 6) is -0.567. The van der Waals surface area contributed by atoms with Crippen molar-refractivity contribution in [3.63, 3.8) is 0 Å². The molecule has 1 atom stereocenters. The lowest BCUT2D eigenvalue weighted by molar-refractivity contribution is 0.555. The molecule has 0 aliphatic rings. The molecule has 23 heavy (non-hydrogen) atoms. The Morgan fingerprint density at radius 1 is 1.30 bits per heavy atom. The van der Waals surface area contributed by atoms with Crippen molar-refractivity contribution >= 4 is 10.0 Å². The fourth-order valence-corrected chi connectivity index (χ4v) is 4.15. The second-order valence-corrected chi connectivity index (χ2v) is 7.59. The molecule has 0 aliphatic heterocycles. The van der Waals surface area contributed by atoms with Crippen molar-refractivity contribution in [2.24, 2.45) is 7.05 Å². The summed E-state index contributed by atoms with van der Waals surface area (Å²) in [5.41, 5.74) is 3.44. The number of sulfonamides is 1. The fourth-order valence-electron chi connectivity index (χ4n) is 2.65. The zero-order valence-corrected chi connectivity index (χ0v) is 14.8. The Kier molecular flexibility index (Phi) is 4.91. The Morgan fingerprint density at radius 3 is 2.52 bits per heavy atom. The highest BCUT2D eigenvalue weighted by Crippen LogP contribution is 2.18. The first kappa shape index (κ1) is 17.6. The molecule has 0 saturated carbocycles. The Hall–Kier alpha value is -1.73. The van der Waals surface area contributed by atoms with Gasteiger partial charge < -0.3 is 0 Å². The Balaban J connectivity index is 2.22. The fraction of sp³-hybridized carbons (Fsp3) is 0.438.